The highest BCUT2D eigenvalue weighted by Gasteiger charge is 2.30. The summed E-state index contributed by atoms with van der Waals surface area (Å²) in [6.07, 6.45) is 10.2. The molecule has 15 aromatic rings. The number of hydrogen-bond acceptors (Lipinski definition) is 15. The molecule has 0 spiro atoms. The monoisotopic (exact) mass is 2140 g/mol. The van der Waals surface area contributed by atoms with Crippen LogP contribution in [0.3, 0.4) is 0 Å². The Morgan fingerprint density at radius 3 is 0.773 bits per heavy atom. The summed E-state index contributed by atoms with van der Waals surface area (Å²) >= 11 is 27.2. The van der Waals surface area contributed by atoms with Crippen molar-refractivity contribution in [2.45, 2.75) is 148 Å². The molecule has 5 aliphatic heterocycles. The van der Waals surface area contributed by atoms with E-state index >= 15 is 0 Å². The molecule has 150 heavy (non-hydrogen) atoms. The van der Waals surface area contributed by atoms with Crippen LogP contribution in [-0.2, 0) is 0 Å². The van der Waals surface area contributed by atoms with Crippen LogP contribution in [0.15, 0.2) is 408 Å². The van der Waals surface area contributed by atoms with Crippen LogP contribution in [0.4, 0.5) is 37.2 Å². The van der Waals surface area contributed by atoms with Crippen molar-refractivity contribution in [3.63, 3.8) is 0 Å². The molecule has 0 N–H and O–H groups in total. The van der Waals surface area contributed by atoms with Crippen molar-refractivity contribution in [2.24, 2.45) is 25.0 Å². The maximum Gasteiger partial charge on any atom is 0.253 e. The fourth-order valence-electron chi connectivity index (χ4n) is 17.2. The third-order valence-electron chi connectivity index (χ3n) is 25.5. The Bertz CT molecular complexity index is 7310. The van der Waals surface area contributed by atoms with Crippen LogP contribution < -0.4 is 0 Å². The largest absolute Gasteiger partial charge is 0.342 e. The van der Waals surface area contributed by atoms with E-state index < -0.39 is 0 Å². The Labute approximate surface area is 914 Å². The first-order valence-electron chi connectivity index (χ1n) is 50.4. The lowest BCUT2D eigenvalue weighted by molar-refractivity contribution is 0.0786. The van der Waals surface area contributed by atoms with E-state index in [1.54, 1.807) is 102 Å². The van der Waals surface area contributed by atoms with E-state index in [0.717, 1.165) is 247 Å². The van der Waals surface area contributed by atoms with Gasteiger partial charge in [0, 0.05) is 215 Å². The van der Waals surface area contributed by atoms with E-state index in [0.29, 0.717) is 54.2 Å². The van der Waals surface area contributed by atoms with Crippen molar-refractivity contribution in [3.8, 4) is 0 Å². The van der Waals surface area contributed by atoms with Crippen LogP contribution in [0.1, 0.15) is 206 Å². The smallest absolute Gasteiger partial charge is 0.253 e. The molecule has 0 fully saturated rings. The van der Waals surface area contributed by atoms with E-state index in [9.17, 15) is 32.8 Å². The van der Waals surface area contributed by atoms with Gasteiger partial charge in [-0.3, -0.25) is 24.0 Å². The Balaban J connectivity index is 0.000000133. The van der Waals surface area contributed by atoms with Crippen molar-refractivity contribution in [1.29, 1.82) is 0 Å². The molecule has 0 unspecified atom stereocenters. The molecule has 0 aliphatic carbocycles. The molecule has 0 radical (unpaired) electrons. The molecule has 5 heterocycles. The molecule has 20 rings (SSSR count). The van der Waals surface area contributed by atoms with Crippen LogP contribution in [-0.4, -0.2) is 151 Å². The van der Waals surface area contributed by atoms with Gasteiger partial charge in [-0.2, -0.15) is 0 Å². The Morgan fingerprint density at radius 2 is 0.487 bits per heavy atom. The van der Waals surface area contributed by atoms with Gasteiger partial charge in [-0.05, 0) is 220 Å². The molecule has 760 valence electrons. The van der Waals surface area contributed by atoms with Crippen LogP contribution >= 0.6 is 93.6 Å². The second-order valence-corrected chi connectivity index (χ2v) is 43.3. The normalized spacial score (nSPS) is 12.4. The van der Waals surface area contributed by atoms with E-state index in [2.05, 4.69) is 77.1 Å². The summed E-state index contributed by atoms with van der Waals surface area (Å²) < 4.78 is 27.4. The second kappa shape index (κ2) is 52.3. The third-order valence-corrected chi connectivity index (χ3v) is 32.1. The number of halogens is 5. The molecule has 0 saturated carbocycles. The third kappa shape index (κ3) is 27.1. The molecule has 25 heteroatoms. The molecule has 0 saturated heterocycles. The predicted molar refractivity (Wildman–Crippen MR) is 618 cm³/mol. The van der Waals surface area contributed by atoms with Gasteiger partial charge in [0.2, 0.25) is 0 Å². The van der Waals surface area contributed by atoms with Crippen LogP contribution in [0.25, 0.3) is 0 Å². The Hall–Kier alpha value is -13.5. The Kier molecular flexibility index (Phi) is 38.1. The molecule has 5 amide bonds. The number of rotatable bonds is 25. The maximum atomic E-state index is 13.9. The molecule has 0 aromatic heterocycles. The van der Waals surface area contributed by atoms with E-state index in [1.165, 1.54) is 24.3 Å². The topological polar surface area (TPSA) is 163 Å². The first-order chi connectivity index (χ1) is 72.8. The fourth-order valence-corrected chi connectivity index (χ4v) is 22.7. The lowest BCUT2D eigenvalue weighted by atomic mass is 10.0. The number of hydrogen-bond donors (Lipinski definition) is 0. The summed E-state index contributed by atoms with van der Waals surface area (Å²) in [7, 11) is 9.23. The minimum absolute atomic E-state index is 0.00320. The summed E-state index contributed by atoms with van der Waals surface area (Å²) in [4.78, 5) is 109. The number of fused-ring (bicyclic) bond motifs is 10. The predicted octanol–water partition coefficient (Wildman–Crippen LogP) is 33.2. The quantitative estimate of drug-likeness (QED) is 0.0538. The average molecular weight is 2140 g/mol. The first kappa shape index (κ1) is 109. The first-order valence-corrected chi connectivity index (χ1v) is 55.6. The van der Waals surface area contributed by atoms with Crippen LogP contribution in [0.2, 0.25) is 15.1 Å². The van der Waals surface area contributed by atoms with E-state index in [4.69, 9.17) is 59.8 Å². The van der Waals surface area contributed by atoms with Gasteiger partial charge in [0.05, 0.1) is 57.0 Å². The SMILES string of the molecule is CCCCN(C)C(=O)c1ccc2c(c1)N=C(c1ccc(Cl)cc1)c1ccccc1S2.CCCCN(C)C(=O)c1ccc2c(c1)N=C(c1ccc(F)cc1)c1ccccc1S2.CCCCN(C)C(=O)c1ccc2c(c1)N=C(c1cccc(Cl)c1)c1ccccc1S2.CCCCN(C)C(=O)c1ccc2c(c1)N=C(c1cccc(F)c1)c1ccccc1S2.CCCCN(C)C(=O)c1ccc2c(c1)N=C(c1ccccc1Cl)c1ccccc1S2. The molecule has 5 aliphatic rings. The maximum absolute atomic E-state index is 13.9. The average Bonchev–Trinajstić information content (AvgIpc) is 1.65. The number of carbonyl (C=O) groups is 5. The van der Waals surface area contributed by atoms with Crippen molar-refractivity contribution in [1.82, 2.24) is 24.5 Å². The fraction of sp³-hybridized carbons (Fsp3) is 0.200. The van der Waals surface area contributed by atoms with Gasteiger partial charge in [-0.15, -0.1) is 0 Å². The van der Waals surface area contributed by atoms with E-state index in [1.807, 2.05) is 284 Å². The van der Waals surface area contributed by atoms with Gasteiger partial charge in [0.15, 0.2) is 0 Å². The number of nitrogens with zero attached hydrogens (tertiary/aromatic N) is 10. The number of carbonyl (C=O) groups excluding carboxylic acids is 5. The lowest BCUT2D eigenvalue weighted by Gasteiger charge is -2.17. The summed E-state index contributed by atoms with van der Waals surface area (Å²) in [5, 5.41) is 2.02. The molecular weight excluding hydrogens is 2030 g/mol. The minimum Gasteiger partial charge on any atom is -0.342 e. The van der Waals surface area contributed by atoms with Gasteiger partial charge in [-0.1, -0.05) is 306 Å². The van der Waals surface area contributed by atoms with E-state index in [-0.39, 0.29) is 41.2 Å². The standard InChI is InChI=1S/3C25H23ClN2OS.2C25H23FN2OS/c1-3-4-15-28(2)25(29)17-13-14-23-21(16-17)27-24(18-9-5-7-11-20(18)26)19-10-6-8-12-22(19)30-23;1-3-4-14-28(2)25(29)18-12-13-23-21(16-18)27-24(17-8-7-9-19(26)15-17)20-10-5-6-11-22(20)30-23;1-3-4-15-28(2)25(29)18-11-14-23-21(16-18)27-24(17-9-12-19(26)13-10-17)20-7-5-6-8-22(20)30-23;1-3-4-14-28(2)25(29)18-12-13-23-21(16-18)27-24(17-8-7-9-19(26)15-17)20-10-5-6-11-22(20)30-23;1-3-4-15-28(2)25(29)18-11-14-23-21(16-18)27-24(17-9-12-19(26)13-10-17)20-7-5-6-8-22(20)30-23/h5-14,16H,3-4,15H2,1-2H3;5-13,15-16H,3-4,14H2,1-2H3;5-14,16H,3-4,15H2,1-2H3;5-13,15-16H,3-4,14H2,1-2H3;5-14,16H,3-4,15H2,1-2H3. The second-order valence-electron chi connectivity index (χ2n) is 36.6. The Morgan fingerprint density at radius 1 is 0.233 bits per heavy atom. The molecule has 15 nitrogen and oxygen atoms in total. The van der Waals surface area contributed by atoms with Gasteiger partial charge in [0.25, 0.3) is 29.5 Å². The zero-order valence-corrected chi connectivity index (χ0v) is 91.7. The highest BCUT2D eigenvalue weighted by atomic mass is 35.5. The molecular formula is C125H115Cl3F2N10O5S5. The number of benzene rings is 15. The molecule has 0 atom stereocenters. The van der Waals surface area contributed by atoms with Gasteiger partial charge in [-0.25, -0.2) is 33.7 Å². The van der Waals surface area contributed by atoms with Gasteiger partial charge >= 0.3 is 0 Å². The molecule has 15 aromatic carbocycles. The number of amides is 5. The number of aliphatic imine (C=N–C) groups is 5. The summed E-state index contributed by atoms with van der Waals surface area (Å²) in [5.74, 6) is -0.520. The van der Waals surface area contributed by atoms with Crippen molar-refractivity contribution < 1.29 is 32.8 Å². The van der Waals surface area contributed by atoms with Crippen molar-refractivity contribution >= 4 is 180 Å². The van der Waals surface area contributed by atoms with Crippen LogP contribution in [0, 0.1) is 11.6 Å². The van der Waals surface area contributed by atoms with Crippen molar-refractivity contribution in [2.75, 3.05) is 68.0 Å². The zero-order valence-electron chi connectivity index (χ0n) is 85.3. The minimum atomic E-state index is -0.300. The van der Waals surface area contributed by atoms with Gasteiger partial charge in [0.1, 0.15) is 11.6 Å². The number of unbranched alkanes of at least 4 members (excludes halogenated alkanes) is 5. The summed E-state index contributed by atoms with van der Waals surface area (Å²) in [5.41, 5.74) is 20.7. The van der Waals surface area contributed by atoms with Gasteiger partial charge < -0.3 is 24.5 Å². The molecule has 0 bridgehead atoms. The summed E-state index contributed by atoms with van der Waals surface area (Å²) in [6.45, 7) is 14.3. The zero-order chi connectivity index (χ0) is 105. The highest BCUT2D eigenvalue weighted by molar-refractivity contribution is 8.00. The van der Waals surface area contributed by atoms with Crippen molar-refractivity contribution in [3.05, 3.63) is 444 Å². The lowest BCUT2D eigenvalue weighted by Crippen LogP contribution is -2.27. The van der Waals surface area contributed by atoms with Crippen LogP contribution in [0.5, 0.6) is 0 Å². The highest BCUT2D eigenvalue weighted by Crippen LogP contribution is 2.49. The summed E-state index contributed by atoms with van der Waals surface area (Å²) in [6, 6.07) is 106.